The minimum absolute atomic E-state index is 0.00284. The quantitative estimate of drug-likeness (QED) is 0.127. The summed E-state index contributed by atoms with van der Waals surface area (Å²) in [5.41, 5.74) is 0.593. The molecule has 3 aromatic carbocycles. The second-order valence-electron chi connectivity index (χ2n) is 7.89. The summed E-state index contributed by atoms with van der Waals surface area (Å²) in [6.45, 7) is 1.59. The number of nitro groups is 2. The average molecular weight is 534 g/mol. The smallest absolute Gasteiger partial charge is 0.361 e. The van der Waals surface area contributed by atoms with Gasteiger partial charge in [0.1, 0.15) is 11.5 Å². The third-order valence-electron chi connectivity index (χ3n) is 5.70. The zero-order valence-electron chi connectivity index (χ0n) is 21.0. The summed E-state index contributed by atoms with van der Waals surface area (Å²) in [5, 5.41) is 27.2. The van der Waals surface area contributed by atoms with Crippen LogP contribution in [0, 0.1) is 20.2 Å². The standard InChI is InChI=1S/C26H22N4O9/c1-4-38-26(31)25(28-39-19-11-10-16(29(32)33)12-18(19)30(34)35)23-21(37-3)13-20(36-2)22-17(14-27-24(22)23)15-8-6-5-7-9-15/h5-14,27H,4H2,1-3H3/b28-25-. The van der Waals surface area contributed by atoms with Crippen LogP contribution in [0.5, 0.6) is 17.2 Å². The van der Waals surface area contributed by atoms with Crippen LogP contribution in [0.15, 0.2) is 65.9 Å². The highest BCUT2D eigenvalue weighted by molar-refractivity contribution is 6.46. The van der Waals surface area contributed by atoms with E-state index in [9.17, 15) is 25.0 Å². The molecular formula is C26H22N4O9. The summed E-state index contributed by atoms with van der Waals surface area (Å²) in [6.07, 6.45) is 1.73. The molecule has 13 heteroatoms. The number of fused-ring (bicyclic) bond motifs is 1. The van der Waals surface area contributed by atoms with Crippen molar-refractivity contribution in [2.75, 3.05) is 20.8 Å². The van der Waals surface area contributed by atoms with Gasteiger partial charge >= 0.3 is 11.7 Å². The molecule has 0 saturated heterocycles. The fraction of sp³-hybridized carbons (Fsp3) is 0.154. The normalized spacial score (nSPS) is 11.2. The lowest BCUT2D eigenvalue weighted by Crippen LogP contribution is -2.21. The van der Waals surface area contributed by atoms with Crippen LogP contribution in [0.3, 0.4) is 0 Å². The first-order chi connectivity index (χ1) is 18.8. The minimum Gasteiger partial charge on any atom is -0.496 e. The number of nitrogens with one attached hydrogen (secondary N) is 1. The maximum absolute atomic E-state index is 13.1. The number of rotatable bonds is 10. The Morgan fingerprint density at radius 2 is 1.67 bits per heavy atom. The van der Waals surface area contributed by atoms with E-state index in [-0.39, 0.29) is 23.6 Å². The molecular weight excluding hydrogens is 512 g/mol. The molecule has 0 bridgehead atoms. The molecule has 0 aliphatic rings. The number of hydrogen-bond donors (Lipinski definition) is 1. The highest BCUT2D eigenvalue weighted by Gasteiger charge is 2.29. The number of hydrogen-bond acceptors (Lipinski definition) is 10. The van der Waals surface area contributed by atoms with Gasteiger partial charge in [0.05, 0.1) is 53.2 Å². The number of ether oxygens (including phenoxy) is 3. The summed E-state index contributed by atoms with van der Waals surface area (Å²) in [6, 6.07) is 13.8. The molecule has 0 aliphatic heterocycles. The van der Waals surface area contributed by atoms with Gasteiger partial charge in [0.2, 0.25) is 11.5 Å². The molecule has 0 fully saturated rings. The van der Waals surface area contributed by atoms with Gasteiger partial charge in [0, 0.05) is 23.9 Å². The van der Waals surface area contributed by atoms with E-state index in [1.165, 1.54) is 14.2 Å². The van der Waals surface area contributed by atoms with E-state index in [0.29, 0.717) is 16.7 Å². The van der Waals surface area contributed by atoms with E-state index < -0.39 is 32.9 Å². The summed E-state index contributed by atoms with van der Waals surface area (Å²) >= 11 is 0. The Kier molecular flexibility index (Phi) is 7.70. The Hall–Kier alpha value is -5.46. The summed E-state index contributed by atoms with van der Waals surface area (Å²) in [7, 11) is 2.88. The van der Waals surface area contributed by atoms with Gasteiger partial charge in [-0.25, -0.2) is 4.79 Å². The Morgan fingerprint density at radius 3 is 2.28 bits per heavy atom. The van der Waals surface area contributed by atoms with E-state index >= 15 is 0 Å². The predicted octanol–water partition coefficient (Wildman–Crippen LogP) is 5.01. The van der Waals surface area contributed by atoms with Gasteiger partial charge < -0.3 is 24.0 Å². The first-order valence-electron chi connectivity index (χ1n) is 11.5. The molecule has 1 heterocycles. The number of H-pyrrole nitrogens is 1. The number of oxime groups is 1. The van der Waals surface area contributed by atoms with Crippen molar-refractivity contribution in [2.24, 2.45) is 5.16 Å². The maximum Gasteiger partial charge on any atom is 0.361 e. The van der Waals surface area contributed by atoms with Gasteiger partial charge in [-0.3, -0.25) is 20.2 Å². The average Bonchev–Trinajstić information content (AvgIpc) is 3.38. The Bertz CT molecular complexity index is 1600. The number of carbonyl (C=O) groups excluding carboxylic acids is 1. The molecule has 4 aromatic rings. The number of non-ortho nitro benzene ring substituents is 1. The van der Waals surface area contributed by atoms with E-state index in [4.69, 9.17) is 19.0 Å². The Morgan fingerprint density at radius 1 is 0.949 bits per heavy atom. The lowest BCUT2D eigenvalue weighted by atomic mass is 9.99. The number of nitro benzene ring substituents is 2. The van der Waals surface area contributed by atoms with E-state index in [0.717, 1.165) is 29.3 Å². The molecule has 0 aliphatic carbocycles. The number of esters is 1. The largest absolute Gasteiger partial charge is 0.496 e. The molecule has 0 radical (unpaired) electrons. The fourth-order valence-electron chi connectivity index (χ4n) is 3.98. The molecule has 0 saturated carbocycles. The van der Waals surface area contributed by atoms with Gasteiger partial charge in [0.25, 0.3) is 5.69 Å². The van der Waals surface area contributed by atoms with Crippen molar-refractivity contribution >= 4 is 34.0 Å². The lowest BCUT2D eigenvalue weighted by molar-refractivity contribution is -0.394. The van der Waals surface area contributed by atoms with Gasteiger partial charge in [-0.15, -0.1) is 0 Å². The van der Waals surface area contributed by atoms with Crippen LogP contribution in [0.2, 0.25) is 0 Å². The highest BCUT2D eigenvalue weighted by atomic mass is 16.7. The van der Waals surface area contributed by atoms with Gasteiger partial charge in [0.15, 0.2) is 0 Å². The topological polar surface area (TPSA) is 168 Å². The van der Waals surface area contributed by atoms with Crippen LogP contribution in [-0.4, -0.2) is 47.3 Å². The fourth-order valence-corrected chi connectivity index (χ4v) is 3.98. The maximum atomic E-state index is 13.1. The summed E-state index contributed by atoms with van der Waals surface area (Å²) in [5.74, 6) is -0.703. The molecule has 1 aromatic heterocycles. The lowest BCUT2D eigenvalue weighted by Gasteiger charge is -2.15. The van der Waals surface area contributed by atoms with E-state index in [1.54, 1.807) is 19.2 Å². The van der Waals surface area contributed by atoms with Crippen LogP contribution in [0.4, 0.5) is 11.4 Å². The van der Waals surface area contributed by atoms with Crippen LogP contribution in [0.25, 0.3) is 22.0 Å². The highest BCUT2D eigenvalue weighted by Crippen LogP contribution is 2.42. The third kappa shape index (κ3) is 5.18. The zero-order valence-corrected chi connectivity index (χ0v) is 21.0. The van der Waals surface area contributed by atoms with E-state index in [1.807, 2.05) is 30.3 Å². The van der Waals surface area contributed by atoms with Crippen molar-refractivity contribution in [2.45, 2.75) is 6.92 Å². The zero-order chi connectivity index (χ0) is 28.1. The number of benzene rings is 3. The minimum atomic E-state index is -0.900. The second-order valence-corrected chi connectivity index (χ2v) is 7.89. The molecule has 0 amide bonds. The first kappa shape index (κ1) is 26.6. The van der Waals surface area contributed by atoms with Crippen molar-refractivity contribution in [3.63, 3.8) is 0 Å². The SMILES string of the molecule is CCOC(=O)/C(=N\Oc1ccc([N+](=O)[O-])cc1[N+](=O)[O-])c1c(OC)cc(OC)c2c(-c3ccccc3)c[nH]c12. The van der Waals surface area contributed by atoms with Crippen LogP contribution < -0.4 is 14.3 Å². The molecule has 1 N–H and O–H groups in total. The molecule has 4 rings (SSSR count). The molecule has 0 spiro atoms. The molecule has 0 atom stereocenters. The van der Waals surface area contributed by atoms with Crippen molar-refractivity contribution in [1.82, 2.24) is 4.98 Å². The number of nitrogens with zero attached hydrogens (tertiary/aromatic N) is 3. The van der Waals surface area contributed by atoms with Gasteiger partial charge in [-0.2, -0.15) is 0 Å². The van der Waals surface area contributed by atoms with Crippen molar-refractivity contribution < 1.29 is 33.7 Å². The summed E-state index contributed by atoms with van der Waals surface area (Å²) in [4.78, 5) is 42.6. The number of aromatic nitrogens is 1. The summed E-state index contributed by atoms with van der Waals surface area (Å²) < 4.78 is 16.4. The third-order valence-corrected chi connectivity index (χ3v) is 5.70. The van der Waals surface area contributed by atoms with Crippen LogP contribution in [0.1, 0.15) is 12.5 Å². The van der Waals surface area contributed by atoms with Gasteiger partial charge in [-0.05, 0) is 18.6 Å². The number of carbonyl (C=O) groups is 1. The number of aromatic amines is 1. The molecule has 200 valence electrons. The number of methoxy groups -OCH3 is 2. The molecule has 0 unspecified atom stereocenters. The van der Waals surface area contributed by atoms with E-state index in [2.05, 4.69) is 10.1 Å². The Labute approximate surface area is 220 Å². The van der Waals surface area contributed by atoms with Crippen molar-refractivity contribution in [3.05, 3.63) is 86.6 Å². The van der Waals surface area contributed by atoms with Crippen molar-refractivity contribution in [1.29, 1.82) is 0 Å². The predicted molar refractivity (Wildman–Crippen MR) is 140 cm³/mol. The van der Waals surface area contributed by atoms with Crippen molar-refractivity contribution in [3.8, 4) is 28.4 Å². The first-order valence-corrected chi connectivity index (χ1v) is 11.5. The van der Waals surface area contributed by atoms with Gasteiger partial charge in [-0.1, -0.05) is 35.5 Å². The Balaban J connectivity index is 1.95. The van der Waals surface area contributed by atoms with Crippen LogP contribution >= 0.6 is 0 Å². The molecule has 13 nitrogen and oxygen atoms in total. The monoisotopic (exact) mass is 534 g/mol. The van der Waals surface area contributed by atoms with Crippen LogP contribution in [-0.2, 0) is 9.53 Å². The molecule has 39 heavy (non-hydrogen) atoms. The second kappa shape index (κ2) is 11.3.